The Hall–Kier alpha value is -1.12. The van der Waals surface area contributed by atoms with Crippen molar-refractivity contribution in [1.29, 1.82) is 0 Å². The topological polar surface area (TPSA) is 12.0 Å². The third kappa shape index (κ3) is 4.18. The zero-order valence-corrected chi connectivity index (χ0v) is 14.9. The molecule has 2 rings (SSSR count). The Morgan fingerprint density at radius 2 is 1.71 bits per heavy atom. The van der Waals surface area contributed by atoms with Crippen LogP contribution in [-0.2, 0) is 6.42 Å². The van der Waals surface area contributed by atoms with Crippen LogP contribution in [0.5, 0.6) is 0 Å². The second-order valence-corrected chi connectivity index (χ2v) is 6.62. The molecule has 0 heterocycles. The zero-order valence-electron chi connectivity index (χ0n) is 13.3. The highest BCUT2D eigenvalue weighted by atomic mass is 79.9. The smallest absolute Gasteiger partial charge is 0.0363 e. The Kier molecular flexibility index (Phi) is 5.60. The van der Waals surface area contributed by atoms with Crippen LogP contribution in [0.1, 0.15) is 40.8 Å². The quantitative estimate of drug-likeness (QED) is 0.778. The fourth-order valence-electron chi connectivity index (χ4n) is 2.96. The molecule has 1 unspecified atom stereocenters. The summed E-state index contributed by atoms with van der Waals surface area (Å²) in [6.07, 6.45) is 1.02. The van der Waals surface area contributed by atoms with Gasteiger partial charge in [0, 0.05) is 10.5 Å². The van der Waals surface area contributed by atoms with Crippen LogP contribution < -0.4 is 5.32 Å². The number of benzene rings is 2. The molecule has 1 nitrogen and oxygen atoms in total. The maximum Gasteiger partial charge on any atom is 0.0363 e. The van der Waals surface area contributed by atoms with Gasteiger partial charge in [-0.3, -0.25) is 0 Å². The molecule has 2 aromatic rings. The third-order valence-corrected chi connectivity index (χ3v) is 4.72. The van der Waals surface area contributed by atoms with Gasteiger partial charge in [-0.05, 0) is 56.5 Å². The van der Waals surface area contributed by atoms with Crippen molar-refractivity contribution in [3.63, 3.8) is 0 Å². The van der Waals surface area contributed by atoms with Crippen LogP contribution in [0.3, 0.4) is 0 Å². The zero-order chi connectivity index (χ0) is 15.4. The van der Waals surface area contributed by atoms with Crippen molar-refractivity contribution >= 4 is 15.9 Å². The lowest BCUT2D eigenvalue weighted by Crippen LogP contribution is -2.24. The Morgan fingerprint density at radius 1 is 1.05 bits per heavy atom. The van der Waals surface area contributed by atoms with Crippen molar-refractivity contribution in [3.8, 4) is 0 Å². The summed E-state index contributed by atoms with van der Waals surface area (Å²) in [5.74, 6) is 0. The molecular formula is C19H24BrN. The molecular weight excluding hydrogens is 322 g/mol. The van der Waals surface area contributed by atoms with Crippen LogP contribution in [0.4, 0.5) is 0 Å². The number of hydrogen-bond acceptors (Lipinski definition) is 1. The standard InChI is InChI=1S/C19H24BrN/c1-5-21-19(17-7-6-8-18(20)15(17)4)12-16-10-13(2)9-14(3)11-16/h6-11,19,21H,5,12H2,1-4H3. The van der Waals surface area contributed by atoms with Crippen LogP contribution in [0.2, 0.25) is 0 Å². The highest BCUT2D eigenvalue weighted by Crippen LogP contribution is 2.27. The van der Waals surface area contributed by atoms with E-state index in [1.54, 1.807) is 0 Å². The number of halogens is 1. The monoisotopic (exact) mass is 345 g/mol. The normalized spacial score (nSPS) is 12.4. The summed E-state index contributed by atoms with van der Waals surface area (Å²) < 4.78 is 1.18. The first-order chi connectivity index (χ1) is 10.0. The molecule has 0 bridgehead atoms. The lowest BCUT2D eigenvalue weighted by atomic mass is 9.94. The van der Waals surface area contributed by atoms with E-state index in [0.717, 1.165) is 13.0 Å². The van der Waals surface area contributed by atoms with E-state index < -0.39 is 0 Å². The van der Waals surface area contributed by atoms with Crippen molar-refractivity contribution in [2.75, 3.05) is 6.54 Å². The first kappa shape index (κ1) is 16.3. The van der Waals surface area contributed by atoms with Gasteiger partial charge in [0.25, 0.3) is 0 Å². The first-order valence-corrected chi connectivity index (χ1v) is 8.36. The van der Waals surface area contributed by atoms with E-state index in [2.05, 4.69) is 85.3 Å². The maximum absolute atomic E-state index is 3.65. The van der Waals surface area contributed by atoms with Crippen LogP contribution in [0.25, 0.3) is 0 Å². The van der Waals surface area contributed by atoms with E-state index in [1.807, 2.05) is 0 Å². The molecule has 2 aromatic carbocycles. The van der Waals surface area contributed by atoms with Gasteiger partial charge in [-0.2, -0.15) is 0 Å². The van der Waals surface area contributed by atoms with Crippen LogP contribution >= 0.6 is 15.9 Å². The molecule has 0 aliphatic rings. The lowest BCUT2D eigenvalue weighted by molar-refractivity contribution is 0.547. The van der Waals surface area contributed by atoms with Crippen LogP contribution in [0, 0.1) is 20.8 Å². The van der Waals surface area contributed by atoms with E-state index in [0.29, 0.717) is 6.04 Å². The van der Waals surface area contributed by atoms with Crippen molar-refractivity contribution in [2.45, 2.75) is 40.2 Å². The fraction of sp³-hybridized carbons (Fsp3) is 0.368. The van der Waals surface area contributed by atoms with E-state index in [1.165, 1.54) is 32.3 Å². The molecule has 0 radical (unpaired) electrons. The van der Waals surface area contributed by atoms with Gasteiger partial charge in [0.05, 0.1) is 0 Å². The number of hydrogen-bond donors (Lipinski definition) is 1. The van der Waals surface area contributed by atoms with Gasteiger partial charge >= 0.3 is 0 Å². The summed E-state index contributed by atoms with van der Waals surface area (Å²) in [6, 6.07) is 13.6. The predicted octanol–water partition coefficient (Wildman–Crippen LogP) is 5.27. The highest BCUT2D eigenvalue weighted by Gasteiger charge is 2.15. The molecule has 112 valence electrons. The molecule has 0 aliphatic carbocycles. The van der Waals surface area contributed by atoms with Gasteiger partial charge in [-0.1, -0.05) is 64.3 Å². The van der Waals surface area contributed by atoms with Crippen molar-refractivity contribution in [2.24, 2.45) is 0 Å². The minimum absolute atomic E-state index is 0.355. The molecule has 0 amide bonds. The number of nitrogens with one attached hydrogen (secondary N) is 1. The minimum atomic E-state index is 0.355. The number of aryl methyl sites for hydroxylation is 2. The minimum Gasteiger partial charge on any atom is -0.310 e. The van der Waals surface area contributed by atoms with Crippen molar-refractivity contribution in [1.82, 2.24) is 5.32 Å². The average Bonchev–Trinajstić information content (AvgIpc) is 2.40. The molecule has 0 fully saturated rings. The third-order valence-electron chi connectivity index (χ3n) is 3.86. The summed E-state index contributed by atoms with van der Waals surface area (Å²) in [6.45, 7) is 9.67. The molecule has 1 N–H and O–H groups in total. The van der Waals surface area contributed by atoms with Gasteiger partial charge in [0.2, 0.25) is 0 Å². The summed E-state index contributed by atoms with van der Waals surface area (Å²) in [7, 11) is 0. The number of rotatable bonds is 5. The van der Waals surface area contributed by atoms with Gasteiger partial charge in [-0.25, -0.2) is 0 Å². The Bertz CT molecular complexity index is 599. The first-order valence-electron chi connectivity index (χ1n) is 7.56. The van der Waals surface area contributed by atoms with E-state index in [-0.39, 0.29) is 0 Å². The van der Waals surface area contributed by atoms with E-state index in [9.17, 15) is 0 Å². The molecule has 1 atom stereocenters. The van der Waals surface area contributed by atoms with Gasteiger partial charge in [0.1, 0.15) is 0 Å². The van der Waals surface area contributed by atoms with Crippen molar-refractivity contribution in [3.05, 3.63) is 68.7 Å². The fourth-order valence-corrected chi connectivity index (χ4v) is 3.34. The molecule has 0 aliphatic heterocycles. The SMILES string of the molecule is CCNC(Cc1cc(C)cc(C)c1)c1cccc(Br)c1C. The average molecular weight is 346 g/mol. The van der Waals surface area contributed by atoms with Crippen LogP contribution in [-0.4, -0.2) is 6.54 Å². The summed E-state index contributed by atoms with van der Waals surface area (Å²) >= 11 is 3.65. The predicted molar refractivity (Wildman–Crippen MR) is 94.9 cm³/mol. The van der Waals surface area contributed by atoms with Gasteiger partial charge in [0.15, 0.2) is 0 Å². The van der Waals surface area contributed by atoms with E-state index in [4.69, 9.17) is 0 Å². The largest absolute Gasteiger partial charge is 0.310 e. The second kappa shape index (κ2) is 7.24. The summed E-state index contributed by atoms with van der Waals surface area (Å²) in [4.78, 5) is 0. The molecule has 0 saturated heterocycles. The molecule has 2 heteroatoms. The molecule has 0 saturated carbocycles. The van der Waals surface area contributed by atoms with Gasteiger partial charge in [-0.15, -0.1) is 0 Å². The highest BCUT2D eigenvalue weighted by molar-refractivity contribution is 9.10. The number of likely N-dealkylation sites (N-methyl/N-ethyl adjacent to an activating group) is 1. The van der Waals surface area contributed by atoms with E-state index >= 15 is 0 Å². The Morgan fingerprint density at radius 3 is 2.33 bits per heavy atom. The van der Waals surface area contributed by atoms with Crippen LogP contribution in [0.15, 0.2) is 40.9 Å². The molecule has 21 heavy (non-hydrogen) atoms. The molecule has 0 spiro atoms. The maximum atomic E-state index is 3.65. The molecule has 0 aromatic heterocycles. The summed E-state index contributed by atoms with van der Waals surface area (Å²) in [5, 5.41) is 3.63. The van der Waals surface area contributed by atoms with Gasteiger partial charge < -0.3 is 5.32 Å². The lowest BCUT2D eigenvalue weighted by Gasteiger charge is -2.21. The Labute approximate surface area is 136 Å². The summed E-state index contributed by atoms with van der Waals surface area (Å²) in [5.41, 5.74) is 6.79. The van der Waals surface area contributed by atoms with Crippen molar-refractivity contribution < 1.29 is 0 Å². The Balaban J connectivity index is 2.32. The second-order valence-electron chi connectivity index (χ2n) is 5.76.